The third-order valence-corrected chi connectivity index (χ3v) is 2.58. The van der Waals surface area contributed by atoms with Gasteiger partial charge in [0.1, 0.15) is 5.15 Å². The zero-order chi connectivity index (χ0) is 14.0. The lowest BCUT2D eigenvalue weighted by molar-refractivity contribution is 0.102. The Morgan fingerprint density at radius 3 is 2.74 bits per heavy atom. The Balaban J connectivity index is 2.22. The first-order valence-electron chi connectivity index (χ1n) is 5.40. The van der Waals surface area contributed by atoms with Crippen LogP contribution in [0.15, 0.2) is 30.3 Å². The molecule has 1 amide bonds. The highest BCUT2D eigenvalue weighted by Crippen LogP contribution is 2.20. The number of amides is 1. The maximum Gasteiger partial charge on any atom is 0.255 e. The van der Waals surface area contributed by atoms with Crippen LogP contribution in [0.5, 0.6) is 5.75 Å². The fourth-order valence-electron chi connectivity index (χ4n) is 1.55. The van der Waals surface area contributed by atoms with Crippen LogP contribution in [-0.4, -0.2) is 16.0 Å². The van der Waals surface area contributed by atoms with E-state index >= 15 is 0 Å². The number of hydrogen-bond acceptors (Lipinski definition) is 3. The van der Waals surface area contributed by atoms with Gasteiger partial charge in [-0.15, -0.1) is 0 Å². The minimum Gasteiger partial charge on any atom is -0.505 e. The quantitative estimate of drug-likeness (QED) is 0.656. The van der Waals surface area contributed by atoms with Crippen molar-refractivity contribution in [3.8, 4) is 5.75 Å². The van der Waals surface area contributed by atoms with Gasteiger partial charge in [-0.05, 0) is 31.2 Å². The molecule has 0 atom stereocenters. The van der Waals surface area contributed by atoms with Crippen molar-refractivity contribution in [2.45, 2.75) is 6.92 Å². The first-order valence-corrected chi connectivity index (χ1v) is 5.77. The third-order valence-electron chi connectivity index (χ3n) is 2.39. The lowest BCUT2D eigenvalue weighted by atomic mass is 10.2. The Hall–Kier alpha value is -2.14. The number of nitrogens with one attached hydrogen (secondary N) is 1. The van der Waals surface area contributed by atoms with Gasteiger partial charge in [0.05, 0.1) is 0 Å². The standard InChI is InChI=1S/C13H10ClFN2O2/c1-7-4-8(5-12(14)16-7)13(19)17-9-2-3-11(18)10(15)6-9/h2-6,18H,1H3,(H,17,19). The average molecular weight is 281 g/mol. The van der Waals surface area contributed by atoms with E-state index in [1.54, 1.807) is 13.0 Å². The largest absolute Gasteiger partial charge is 0.505 e. The number of rotatable bonds is 2. The van der Waals surface area contributed by atoms with Crippen LogP contribution in [0.4, 0.5) is 10.1 Å². The van der Waals surface area contributed by atoms with Gasteiger partial charge in [0.25, 0.3) is 5.91 Å². The van der Waals surface area contributed by atoms with Gasteiger partial charge in [0, 0.05) is 23.0 Å². The van der Waals surface area contributed by atoms with Gasteiger partial charge in [-0.1, -0.05) is 11.6 Å². The van der Waals surface area contributed by atoms with Crippen molar-refractivity contribution in [1.29, 1.82) is 0 Å². The summed E-state index contributed by atoms with van der Waals surface area (Å²) in [5, 5.41) is 11.8. The molecule has 98 valence electrons. The van der Waals surface area contributed by atoms with Crippen LogP contribution in [0, 0.1) is 12.7 Å². The lowest BCUT2D eigenvalue weighted by Crippen LogP contribution is -2.12. The molecule has 0 radical (unpaired) electrons. The molecule has 1 aromatic carbocycles. The van der Waals surface area contributed by atoms with Crippen LogP contribution in [0.25, 0.3) is 0 Å². The summed E-state index contributed by atoms with van der Waals surface area (Å²) < 4.78 is 13.1. The maximum atomic E-state index is 13.1. The minimum absolute atomic E-state index is 0.210. The molecular formula is C13H10ClFN2O2. The number of halogens is 2. The molecule has 2 N–H and O–H groups in total. The zero-order valence-electron chi connectivity index (χ0n) is 9.95. The molecule has 1 heterocycles. The second kappa shape index (κ2) is 5.24. The van der Waals surface area contributed by atoms with E-state index in [1.165, 1.54) is 12.1 Å². The molecule has 0 spiro atoms. The molecule has 0 saturated carbocycles. The lowest BCUT2D eigenvalue weighted by Gasteiger charge is -2.07. The van der Waals surface area contributed by atoms with Gasteiger partial charge in [-0.3, -0.25) is 4.79 Å². The number of phenolic OH excluding ortho intramolecular Hbond substituents is 1. The summed E-state index contributed by atoms with van der Waals surface area (Å²) >= 11 is 5.76. The Morgan fingerprint density at radius 1 is 1.37 bits per heavy atom. The Bertz CT molecular complexity index is 626. The second-order valence-electron chi connectivity index (χ2n) is 3.94. The molecule has 0 unspecified atom stereocenters. The molecule has 0 aliphatic carbocycles. The van der Waals surface area contributed by atoms with Gasteiger partial charge >= 0.3 is 0 Å². The van der Waals surface area contributed by atoms with Gasteiger partial charge in [-0.25, -0.2) is 9.37 Å². The number of aryl methyl sites for hydroxylation is 1. The summed E-state index contributed by atoms with van der Waals surface area (Å²) in [5.41, 5.74) is 1.17. The molecule has 4 nitrogen and oxygen atoms in total. The van der Waals surface area contributed by atoms with Crippen molar-refractivity contribution in [2.24, 2.45) is 0 Å². The number of hydrogen-bond donors (Lipinski definition) is 2. The maximum absolute atomic E-state index is 13.1. The van der Waals surface area contributed by atoms with E-state index in [0.29, 0.717) is 11.3 Å². The molecular weight excluding hydrogens is 271 g/mol. The Kier molecular flexibility index (Phi) is 3.66. The SMILES string of the molecule is Cc1cc(C(=O)Nc2ccc(O)c(F)c2)cc(Cl)n1. The van der Waals surface area contributed by atoms with Crippen LogP contribution in [0.1, 0.15) is 16.1 Å². The van der Waals surface area contributed by atoms with E-state index in [2.05, 4.69) is 10.3 Å². The number of aromatic hydroxyl groups is 1. The summed E-state index contributed by atoms with van der Waals surface area (Å²) in [6, 6.07) is 6.57. The predicted octanol–water partition coefficient (Wildman–Crippen LogP) is 3.14. The van der Waals surface area contributed by atoms with Crippen molar-refractivity contribution in [3.63, 3.8) is 0 Å². The zero-order valence-corrected chi connectivity index (χ0v) is 10.7. The summed E-state index contributed by atoms with van der Waals surface area (Å²) in [6.45, 7) is 1.71. The number of aromatic nitrogens is 1. The topological polar surface area (TPSA) is 62.2 Å². The van der Waals surface area contributed by atoms with E-state index in [-0.39, 0.29) is 10.8 Å². The summed E-state index contributed by atoms with van der Waals surface area (Å²) in [5.74, 6) is -1.71. The fraction of sp³-hybridized carbons (Fsp3) is 0.0769. The van der Waals surface area contributed by atoms with Crippen LogP contribution in [0.3, 0.4) is 0 Å². The van der Waals surface area contributed by atoms with E-state index in [1.807, 2.05) is 0 Å². The summed E-state index contributed by atoms with van der Waals surface area (Å²) in [6.07, 6.45) is 0. The van der Waals surface area contributed by atoms with Crippen molar-refractivity contribution in [1.82, 2.24) is 4.98 Å². The Labute approximate surface area is 113 Å². The molecule has 0 saturated heterocycles. The van der Waals surface area contributed by atoms with E-state index in [0.717, 1.165) is 12.1 Å². The van der Waals surface area contributed by atoms with E-state index in [9.17, 15) is 9.18 Å². The third kappa shape index (κ3) is 3.20. The number of anilines is 1. The Morgan fingerprint density at radius 2 is 2.11 bits per heavy atom. The fourth-order valence-corrected chi connectivity index (χ4v) is 1.80. The van der Waals surface area contributed by atoms with Gasteiger partial charge < -0.3 is 10.4 Å². The highest BCUT2D eigenvalue weighted by molar-refractivity contribution is 6.29. The van der Waals surface area contributed by atoms with Crippen molar-refractivity contribution in [3.05, 3.63) is 52.6 Å². The van der Waals surface area contributed by atoms with Gasteiger partial charge in [-0.2, -0.15) is 0 Å². The molecule has 0 aliphatic heterocycles. The van der Waals surface area contributed by atoms with E-state index in [4.69, 9.17) is 16.7 Å². The molecule has 0 bridgehead atoms. The predicted molar refractivity (Wildman–Crippen MR) is 70.0 cm³/mol. The summed E-state index contributed by atoms with van der Waals surface area (Å²) in [7, 11) is 0. The highest BCUT2D eigenvalue weighted by atomic mass is 35.5. The smallest absolute Gasteiger partial charge is 0.255 e. The molecule has 2 aromatic rings. The molecule has 0 aliphatic rings. The second-order valence-corrected chi connectivity index (χ2v) is 4.33. The van der Waals surface area contributed by atoms with Crippen LogP contribution in [0.2, 0.25) is 5.15 Å². The number of carbonyl (C=O) groups is 1. The normalized spacial score (nSPS) is 10.3. The van der Waals surface area contributed by atoms with Crippen molar-refractivity contribution in [2.75, 3.05) is 5.32 Å². The minimum atomic E-state index is -0.804. The van der Waals surface area contributed by atoms with Crippen molar-refractivity contribution < 1.29 is 14.3 Å². The first kappa shape index (κ1) is 13.3. The van der Waals surface area contributed by atoms with E-state index < -0.39 is 17.5 Å². The monoisotopic (exact) mass is 280 g/mol. The molecule has 0 fully saturated rings. The van der Waals surface area contributed by atoms with Gasteiger partial charge in [0.2, 0.25) is 0 Å². The average Bonchev–Trinajstić information content (AvgIpc) is 2.32. The molecule has 2 rings (SSSR count). The van der Waals surface area contributed by atoms with Crippen LogP contribution >= 0.6 is 11.6 Å². The first-order chi connectivity index (χ1) is 8.95. The number of pyridine rings is 1. The number of benzene rings is 1. The van der Waals surface area contributed by atoms with Crippen LogP contribution < -0.4 is 5.32 Å². The highest BCUT2D eigenvalue weighted by Gasteiger charge is 2.10. The molecule has 6 heteroatoms. The number of carbonyl (C=O) groups excluding carboxylic acids is 1. The van der Waals surface area contributed by atoms with Gasteiger partial charge in [0.15, 0.2) is 11.6 Å². The molecule has 19 heavy (non-hydrogen) atoms. The molecule has 1 aromatic heterocycles. The number of nitrogens with zero attached hydrogens (tertiary/aromatic N) is 1. The number of phenols is 1. The van der Waals surface area contributed by atoms with Crippen LogP contribution in [-0.2, 0) is 0 Å². The van der Waals surface area contributed by atoms with Crippen molar-refractivity contribution >= 4 is 23.2 Å². The summed E-state index contributed by atoms with van der Waals surface area (Å²) in [4.78, 5) is 15.9.